The molecule has 0 unspecified atom stereocenters. The van der Waals surface area contributed by atoms with E-state index in [0.717, 1.165) is 17.7 Å². The summed E-state index contributed by atoms with van der Waals surface area (Å²) in [5.41, 5.74) is 1.10. The molecule has 0 radical (unpaired) electrons. The Kier molecular flexibility index (Phi) is 5.00. The van der Waals surface area contributed by atoms with Crippen molar-refractivity contribution in [1.82, 2.24) is 0 Å². The van der Waals surface area contributed by atoms with Crippen LogP contribution in [0, 0.1) is 11.6 Å². The van der Waals surface area contributed by atoms with Gasteiger partial charge in [-0.05, 0) is 19.1 Å². The van der Waals surface area contributed by atoms with Crippen LogP contribution in [0.4, 0.5) is 14.5 Å². The monoisotopic (exact) mass is 291 g/mol. The highest BCUT2D eigenvalue weighted by Crippen LogP contribution is 2.14. The van der Waals surface area contributed by atoms with Crippen molar-refractivity contribution in [3.05, 3.63) is 65.7 Å². The zero-order valence-corrected chi connectivity index (χ0v) is 11.6. The van der Waals surface area contributed by atoms with Crippen molar-refractivity contribution in [2.75, 3.05) is 11.9 Å². The molecule has 0 saturated heterocycles. The molecule has 0 bridgehead atoms. The Morgan fingerprint density at radius 3 is 2.57 bits per heavy atom. The first-order valence-corrected chi connectivity index (χ1v) is 6.69. The second-order valence-corrected chi connectivity index (χ2v) is 4.81. The second-order valence-electron chi connectivity index (χ2n) is 4.81. The number of nitrogens with two attached hydrogens (primary N) is 1. The number of quaternary nitrogens is 1. The molecule has 21 heavy (non-hydrogen) atoms. The van der Waals surface area contributed by atoms with Gasteiger partial charge in [-0.1, -0.05) is 30.3 Å². The SMILES string of the molecule is C[C@@H]([NH2+]CC(=O)Nc1ccc(F)cc1F)c1ccccc1. The molecule has 2 rings (SSSR count). The van der Waals surface area contributed by atoms with Crippen molar-refractivity contribution in [3.63, 3.8) is 0 Å². The summed E-state index contributed by atoms with van der Waals surface area (Å²) in [4.78, 5) is 11.8. The van der Waals surface area contributed by atoms with Crippen molar-refractivity contribution in [3.8, 4) is 0 Å². The molecular weight excluding hydrogens is 274 g/mol. The topological polar surface area (TPSA) is 45.7 Å². The summed E-state index contributed by atoms with van der Waals surface area (Å²) in [5, 5.41) is 4.29. The molecule has 2 aromatic rings. The number of nitrogens with one attached hydrogen (secondary N) is 1. The van der Waals surface area contributed by atoms with Crippen LogP contribution in [0.3, 0.4) is 0 Å². The van der Waals surface area contributed by atoms with Gasteiger partial charge >= 0.3 is 0 Å². The standard InChI is InChI=1S/C16H16F2N2O/c1-11(12-5-3-2-4-6-12)19-10-16(21)20-15-8-7-13(17)9-14(15)18/h2-9,11,19H,10H2,1H3,(H,20,21)/p+1/t11-/m1/s1. The summed E-state index contributed by atoms with van der Waals surface area (Å²) in [7, 11) is 0. The van der Waals surface area contributed by atoms with Gasteiger partial charge in [0, 0.05) is 11.6 Å². The number of benzene rings is 2. The summed E-state index contributed by atoms with van der Waals surface area (Å²) >= 11 is 0. The maximum absolute atomic E-state index is 13.4. The van der Waals surface area contributed by atoms with Gasteiger partial charge in [0.15, 0.2) is 6.54 Å². The Morgan fingerprint density at radius 1 is 1.19 bits per heavy atom. The fourth-order valence-corrected chi connectivity index (χ4v) is 1.97. The van der Waals surface area contributed by atoms with E-state index in [1.54, 1.807) is 0 Å². The van der Waals surface area contributed by atoms with E-state index in [2.05, 4.69) is 5.32 Å². The van der Waals surface area contributed by atoms with E-state index in [9.17, 15) is 13.6 Å². The molecule has 0 aromatic heterocycles. The van der Waals surface area contributed by atoms with Crippen molar-refractivity contribution in [2.45, 2.75) is 13.0 Å². The Hall–Kier alpha value is -2.27. The van der Waals surface area contributed by atoms with Crippen molar-refractivity contribution >= 4 is 11.6 Å². The predicted molar refractivity (Wildman–Crippen MR) is 76.6 cm³/mol. The van der Waals surface area contributed by atoms with Gasteiger partial charge in [0.05, 0.1) is 5.69 Å². The third-order valence-corrected chi connectivity index (χ3v) is 3.19. The van der Waals surface area contributed by atoms with Crippen molar-refractivity contribution < 1.29 is 18.9 Å². The van der Waals surface area contributed by atoms with Gasteiger partial charge in [-0.3, -0.25) is 4.79 Å². The van der Waals surface area contributed by atoms with Gasteiger partial charge in [-0.2, -0.15) is 0 Å². The minimum absolute atomic E-state index is 0.0119. The summed E-state index contributed by atoms with van der Waals surface area (Å²) in [6.45, 7) is 2.15. The number of amides is 1. The molecule has 0 fully saturated rings. The van der Waals surface area contributed by atoms with Crippen LogP contribution in [0.25, 0.3) is 0 Å². The quantitative estimate of drug-likeness (QED) is 0.872. The van der Waals surface area contributed by atoms with E-state index in [1.165, 1.54) is 6.07 Å². The largest absolute Gasteiger partial charge is 0.333 e. The third kappa shape index (κ3) is 4.36. The van der Waals surface area contributed by atoms with E-state index in [4.69, 9.17) is 0 Å². The first-order valence-electron chi connectivity index (χ1n) is 6.69. The highest BCUT2D eigenvalue weighted by molar-refractivity contribution is 5.91. The molecule has 3 N–H and O–H groups in total. The fourth-order valence-electron chi connectivity index (χ4n) is 1.97. The second kappa shape index (κ2) is 6.95. The maximum atomic E-state index is 13.4. The molecule has 0 aliphatic rings. The predicted octanol–water partition coefficient (Wildman–Crippen LogP) is 2.23. The lowest BCUT2D eigenvalue weighted by molar-refractivity contribution is -0.682. The van der Waals surface area contributed by atoms with Gasteiger partial charge in [-0.25, -0.2) is 8.78 Å². The van der Waals surface area contributed by atoms with Gasteiger partial charge in [0.1, 0.15) is 17.7 Å². The highest BCUT2D eigenvalue weighted by atomic mass is 19.1. The normalized spacial score (nSPS) is 12.0. The van der Waals surface area contributed by atoms with E-state index in [-0.39, 0.29) is 24.2 Å². The molecule has 110 valence electrons. The molecule has 1 atom stereocenters. The van der Waals surface area contributed by atoms with Gasteiger partial charge in [-0.15, -0.1) is 0 Å². The molecule has 2 aromatic carbocycles. The van der Waals surface area contributed by atoms with E-state index in [1.807, 2.05) is 42.6 Å². The zero-order chi connectivity index (χ0) is 15.2. The first kappa shape index (κ1) is 15.1. The summed E-state index contributed by atoms with van der Waals surface area (Å²) in [6, 6.07) is 13.0. The molecular formula is C16H17F2N2O+. The number of carbonyl (C=O) groups excluding carboxylic acids is 1. The average Bonchev–Trinajstić information content (AvgIpc) is 2.48. The fraction of sp³-hybridized carbons (Fsp3) is 0.188. The third-order valence-electron chi connectivity index (χ3n) is 3.19. The lowest BCUT2D eigenvalue weighted by Gasteiger charge is -2.11. The number of hydrogen-bond acceptors (Lipinski definition) is 1. The minimum Gasteiger partial charge on any atom is -0.333 e. The molecule has 1 amide bonds. The summed E-state index contributed by atoms with van der Waals surface area (Å²) < 4.78 is 26.2. The Balaban J connectivity index is 1.87. The minimum atomic E-state index is -0.778. The molecule has 0 aliphatic heterocycles. The zero-order valence-electron chi connectivity index (χ0n) is 11.6. The van der Waals surface area contributed by atoms with Crippen LogP contribution < -0.4 is 10.6 Å². The Morgan fingerprint density at radius 2 is 1.90 bits per heavy atom. The highest BCUT2D eigenvalue weighted by Gasteiger charge is 2.13. The van der Waals surface area contributed by atoms with Crippen LogP contribution >= 0.6 is 0 Å². The van der Waals surface area contributed by atoms with Gasteiger partial charge in [0.25, 0.3) is 5.91 Å². The van der Waals surface area contributed by atoms with Crippen LogP contribution in [-0.2, 0) is 4.79 Å². The lowest BCUT2D eigenvalue weighted by Crippen LogP contribution is -2.86. The first-order chi connectivity index (χ1) is 10.1. The number of carbonyl (C=O) groups is 1. The molecule has 3 nitrogen and oxygen atoms in total. The van der Waals surface area contributed by atoms with Gasteiger partial charge < -0.3 is 10.6 Å². The van der Waals surface area contributed by atoms with Crippen LogP contribution in [0.15, 0.2) is 48.5 Å². The maximum Gasteiger partial charge on any atom is 0.279 e. The molecule has 0 aliphatic carbocycles. The van der Waals surface area contributed by atoms with Gasteiger partial charge in [0.2, 0.25) is 0 Å². The molecule has 0 heterocycles. The number of halogens is 2. The molecule has 5 heteroatoms. The van der Waals surface area contributed by atoms with Crippen LogP contribution in [0.2, 0.25) is 0 Å². The average molecular weight is 291 g/mol. The number of anilines is 1. The molecule has 0 saturated carbocycles. The Labute approximate surface area is 122 Å². The van der Waals surface area contributed by atoms with Crippen LogP contribution in [0.5, 0.6) is 0 Å². The Bertz CT molecular complexity index is 617. The smallest absolute Gasteiger partial charge is 0.279 e. The van der Waals surface area contributed by atoms with E-state index >= 15 is 0 Å². The number of rotatable bonds is 5. The molecule has 0 spiro atoms. The van der Waals surface area contributed by atoms with Crippen molar-refractivity contribution in [2.24, 2.45) is 0 Å². The van der Waals surface area contributed by atoms with Crippen LogP contribution in [-0.4, -0.2) is 12.5 Å². The van der Waals surface area contributed by atoms with Crippen molar-refractivity contribution in [1.29, 1.82) is 0 Å². The van der Waals surface area contributed by atoms with Crippen LogP contribution in [0.1, 0.15) is 18.5 Å². The summed E-state index contributed by atoms with van der Waals surface area (Å²) in [5.74, 6) is -1.78. The summed E-state index contributed by atoms with van der Waals surface area (Å²) in [6.07, 6.45) is 0. The lowest BCUT2D eigenvalue weighted by atomic mass is 10.1. The van der Waals surface area contributed by atoms with E-state index < -0.39 is 11.6 Å². The number of hydrogen-bond donors (Lipinski definition) is 2. The van der Waals surface area contributed by atoms with E-state index in [0.29, 0.717) is 0 Å².